The third-order valence-electron chi connectivity index (χ3n) is 3.64. The van der Waals surface area contributed by atoms with Gasteiger partial charge in [0.15, 0.2) is 0 Å². The van der Waals surface area contributed by atoms with Gasteiger partial charge in [0, 0.05) is 9.75 Å². The summed E-state index contributed by atoms with van der Waals surface area (Å²) in [5, 5.41) is 2.74. The lowest BCUT2D eigenvalue weighted by Gasteiger charge is -2.36. The molecule has 2 amide bonds. The molecule has 0 spiro atoms. The Hall–Kier alpha value is -1.36. The van der Waals surface area contributed by atoms with Crippen LogP contribution < -0.4 is 5.32 Å². The van der Waals surface area contributed by atoms with Gasteiger partial charge in [0.1, 0.15) is 12.6 Å². The van der Waals surface area contributed by atoms with Gasteiger partial charge < -0.3 is 10.2 Å². The molecule has 2 rings (SSSR count). The average molecular weight is 280 g/mol. The first kappa shape index (κ1) is 14.1. The molecule has 0 saturated carbocycles. The fraction of sp³-hybridized carbons (Fsp3) is 0.571. The number of aryl methyl sites for hydroxylation is 2. The topological polar surface area (TPSA) is 49.4 Å². The summed E-state index contributed by atoms with van der Waals surface area (Å²) in [5.74, 6) is -0.0410. The normalized spacial score (nSPS) is 21.5. The van der Waals surface area contributed by atoms with E-state index in [1.165, 1.54) is 9.75 Å². The van der Waals surface area contributed by atoms with E-state index >= 15 is 0 Å². The summed E-state index contributed by atoms with van der Waals surface area (Å²) < 4.78 is 0. The van der Waals surface area contributed by atoms with Gasteiger partial charge in [-0.2, -0.15) is 0 Å². The van der Waals surface area contributed by atoms with Crippen molar-refractivity contribution < 1.29 is 9.59 Å². The Morgan fingerprint density at radius 2 is 2.16 bits per heavy atom. The molecule has 2 atom stereocenters. The van der Waals surface area contributed by atoms with Crippen LogP contribution in [0, 0.1) is 13.8 Å². The number of thiophene rings is 1. The molecular formula is C14H20N2O2S. The predicted molar refractivity (Wildman–Crippen MR) is 76.1 cm³/mol. The summed E-state index contributed by atoms with van der Waals surface area (Å²) in [7, 11) is 0. The second-order valence-corrected chi connectivity index (χ2v) is 6.50. The van der Waals surface area contributed by atoms with Gasteiger partial charge in [0.25, 0.3) is 0 Å². The highest BCUT2D eigenvalue weighted by Crippen LogP contribution is 2.30. The Bertz CT molecular complexity index is 510. The molecule has 0 radical (unpaired) electrons. The van der Waals surface area contributed by atoms with Crippen LogP contribution in [0.2, 0.25) is 0 Å². The first-order valence-corrected chi connectivity index (χ1v) is 7.42. The summed E-state index contributed by atoms with van der Waals surface area (Å²) in [6, 6.07) is 1.70. The largest absolute Gasteiger partial charge is 0.343 e. The number of nitrogens with one attached hydrogen (secondary N) is 1. The molecule has 1 aliphatic heterocycles. The smallest absolute Gasteiger partial charge is 0.246 e. The van der Waals surface area contributed by atoms with Crippen molar-refractivity contribution in [3.8, 4) is 0 Å². The molecule has 1 aromatic rings. The van der Waals surface area contributed by atoms with Crippen LogP contribution >= 0.6 is 11.3 Å². The van der Waals surface area contributed by atoms with Gasteiger partial charge in [-0.1, -0.05) is 6.92 Å². The van der Waals surface area contributed by atoms with E-state index in [2.05, 4.69) is 25.2 Å². The quantitative estimate of drug-likeness (QED) is 0.922. The number of rotatable bonds is 3. The molecule has 0 aromatic carbocycles. The second-order valence-electron chi connectivity index (χ2n) is 5.04. The minimum absolute atomic E-state index is 0.0258. The molecule has 0 aliphatic carbocycles. The minimum Gasteiger partial charge on any atom is -0.343 e. The third kappa shape index (κ3) is 2.66. The third-order valence-corrected chi connectivity index (χ3v) is 4.62. The molecule has 1 N–H and O–H groups in total. The second kappa shape index (κ2) is 5.33. The van der Waals surface area contributed by atoms with Crippen molar-refractivity contribution in [1.29, 1.82) is 0 Å². The highest BCUT2D eigenvalue weighted by atomic mass is 32.1. The number of hydrogen-bond acceptors (Lipinski definition) is 3. The van der Waals surface area contributed by atoms with Gasteiger partial charge in [-0.25, -0.2) is 0 Å². The molecule has 1 saturated heterocycles. The molecule has 19 heavy (non-hydrogen) atoms. The van der Waals surface area contributed by atoms with E-state index in [0.29, 0.717) is 6.42 Å². The first-order chi connectivity index (χ1) is 8.93. The fourth-order valence-electron chi connectivity index (χ4n) is 2.57. The zero-order valence-electron chi connectivity index (χ0n) is 11.8. The van der Waals surface area contributed by atoms with Crippen LogP contribution in [-0.4, -0.2) is 29.3 Å². The molecule has 0 bridgehead atoms. The number of carbonyl (C=O) groups excluding carboxylic acids is 2. The van der Waals surface area contributed by atoms with Crippen LogP contribution in [0.25, 0.3) is 0 Å². The lowest BCUT2D eigenvalue weighted by atomic mass is 10.0. The highest BCUT2D eigenvalue weighted by Gasteiger charge is 2.35. The maximum Gasteiger partial charge on any atom is 0.246 e. The number of piperazine rings is 1. The molecule has 104 valence electrons. The summed E-state index contributed by atoms with van der Waals surface area (Å²) in [5.41, 5.74) is 1.15. The zero-order valence-corrected chi connectivity index (χ0v) is 12.6. The van der Waals surface area contributed by atoms with Crippen molar-refractivity contribution in [2.24, 2.45) is 0 Å². The molecule has 1 aromatic heterocycles. The number of amides is 2. The monoisotopic (exact) mass is 280 g/mol. The summed E-state index contributed by atoms with van der Waals surface area (Å²) in [6.07, 6.45) is 0.634. The van der Waals surface area contributed by atoms with Crippen LogP contribution in [0.4, 0.5) is 0 Å². The van der Waals surface area contributed by atoms with Crippen LogP contribution in [-0.2, 0) is 9.59 Å². The van der Waals surface area contributed by atoms with Crippen LogP contribution in [0.15, 0.2) is 6.07 Å². The fourth-order valence-corrected chi connectivity index (χ4v) is 3.59. The lowest BCUT2D eigenvalue weighted by Crippen LogP contribution is -2.58. The maximum absolute atomic E-state index is 12.3. The minimum atomic E-state index is -0.372. The Kier molecular flexibility index (Phi) is 3.94. The van der Waals surface area contributed by atoms with Gasteiger partial charge in [-0.3, -0.25) is 9.59 Å². The standard InChI is InChI=1S/C14H20N2O2S/c1-5-12-14(18)16(7-13(17)15-12)9(3)11-6-8(2)19-10(11)4/h6,9,12H,5,7H2,1-4H3,(H,15,17). The Balaban J connectivity index is 2.26. The first-order valence-electron chi connectivity index (χ1n) is 6.60. The zero-order chi connectivity index (χ0) is 14.2. The van der Waals surface area contributed by atoms with Crippen LogP contribution in [0.3, 0.4) is 0 Å². The van der Waals surface area contributed by atoms with Crippen molar-refractivity contribution in [2.75, 3.05) is 6.54 Å². The van der Waals surface area contributed by atoms with E-state index in [9.17, 15) is 9.59 Å². The lowest BCUT2D eigenvalue weighted by molar-refractivity contribution is -0.146. The Labute approximate surface area is 117 Å². The SMILES string of the molecule is CCC1NC(=O)CN(C(C)c2cc(C)sc2C)C1=O. The van der Waals surface area contributed by atoms with Gasteiger partial charge in [0.2, 0.25) is 11.8 Å². The van der Waals surface area contributed by atoms with Gasteiger partial charge in [-0.05, 0) is 38.8 Å². The van der Waals surface area contributed by atoms with E-state index in [1.54, 1.807) is 16.2 Å². The Morgan fingerprint density at radius 3 is 2.68 bits per heavy atom. The summed E-state index contributed by atoms with van der Waals surface area (Å²) in [6.45, 7) is 8.20. The van der Waals surface area contributed by atoms with Crippen molar-refractivity contribution >= 4 is 23.2 Å². The summed E-state index contributed by atoms with van der Waals surface area (Å²) in [4.78, 5) is 28.2. The maximum atomic E-state index is 12.3. The van der Waals surface area contributed by atoms with Gasteiger partial charge >= 0.3 is 0 Å². The predicted octanol–water partition coefficient (Wildman–Crippen LogP) is 2.16. The van der Waals surface area contributed by atoms with E-state index < -0.39 is 0 Å². The van der Waals surface area contributed by atoms with Crippen LogP contribution in [0.1, 0.15) is 41.6 Å². The molecule has 2 heterocycles. The molecular weight excluding hydrogens is 260 g/mol. The highest BCUT2D eigenvalue weighted by molar-refractivity contribution is 7.12. The molecule has 4 nitrogen and oxygen atoms in total. The number of nitrogens with zero attached hydrogens (tertiary/aromatic N) is 1. The molecule has 5 heteroatoms. The molecule has 2 unspecified atom stereocenters. The average Bonchev–Trinajstić information content (AvgIpc) is 2.70. The van der Waals surface area contributed by atoms with Crippen molar-refractivity contribution in [2.45, 2.75) is 46.2 Å². The van der Waals surface area contributed by atoms with Gasteiger partial charge in [0.05, 0.1) is 6.04 Å². The number of carbonyl (C=O) groups is 2. The van der Waals surface area contributed by atoms with E-state index in [-0.39, 0.29) is 30.4 Å². The van der Waals surface area contributed by atoms with Crippen molar-refractivity contribution in [3.05, 3.63) is 21.4 Å². The number of hydrogen-bond donors (Lipinski definition) is 1. The van der Waals surface area contributed by atoms with E-state index in [0.717, 1.165) is 5.56 Å². The van der Waals surface area contributed by atoms with Crippen LogP contribution in [0.5, 0.6) is 0 Å². The Morgan fingerprint density at radius 1 is 1.47 bits per heavy atom. The summed E-state index contributed by atoms with van der Waals surface area (Å²) >= 11 is 1.73. The van der Waals surface area contributed by atoms with E-state index in [1.807, 2.05) is 13.8 Å². The van der Waals surface area contributed by atoms with Crippen molar-refractivity contribution in [3.63, 3.8) is 0 Å². The van der Waals surface area contributed by atoms with Crippen molar-refractivity contribution in [1.82, 2.24) is 10.2 Å². The molecule has 1 fully saturated rings. The van der Waals surface area contributed by atoms with Gasteiger partial charge in [-0.15, -0.1) is 11.3 Å². The molecule has 1 aliphatic rings. The van der Waals surface area contributed by atoms with E-state index in [4.69, 9.17) is 0 Å².